The Morgan fingerprint density at radius 3 is 2.81 bits per heavy atom. The van der Waals surface area contributed by atoms with Gasteiger partial charge < -0.3 is 5.73 Å². The lowest BCUT2D eigenvalue weighted by atomic mass is 10.5. The summed E-state index contributed by atoms with van der Waals surface area (Å²) < 4.78 is 26.3. The smallest absolute Gasteiger partial charge is 0.264 e. The zero-order valence-electron chi connectivity index (χ0n) is 8.08. The molecule has 2 heterocycles. The molecule has 2 rings (SSSR count). The molecular formula is C8H9N3O2S3. The average Bonchev–Trinajstić information content (AvgIpc) is 2.85. The second-order valence-electron chi connectivity index (χ2n) is 2.85. The van der Waals surface area contributed by atoms with Gasteiger partial charge in [-0.05, 0) is 11.4 Å². The lowest BCUT2D eigenvalue weighted by molar-refractivity contribution is 0.600. The van der Waals surface area contributed by atoms with Crippen molar-refractivity contribution in [1.82, 2.24) is 4.98 Å². The number of hydrogen-bond acceptors (Lipinski definition) is 6. The molecule has 86 valence electrons. The van der Waals surface area contributed by atoms with Gasteiger partial charge in [-0.25, -0.2) is 13.4 Å². The van der Waals surface area contributed by atoms with Crippen LogP contribution >= 0.6 is 22.7 Å². The first-order valence-electron chi connectivity index (χ1n) is 4.32. The Morgan fingerprint density at radius 1 is 1.38 bits per heavy atom. The number of thiophene rings is 1. The minimum Gasteiger partial charge on any atom is -0.326 e. The molecular weight excluding hydrogens is 266 g/mol. The Balaban J connectivity index is 2.33. The third kappa shape index (κ3) is 2.24. The lowest BCUT2D eigenvalue weighted by Gasteiger charge is -2.04. The second-order valence-corrected chi connectivity index (χ2v) is 6.40. The van der Waals surface area contributed by atoms with Crippen molar-refractivity contribution in [2.75, 3.05) is 4.72 Å². The summed E-state index contributed by atoms with van der Waals surface area (Å²) in [5, 5.41) is 3.77. The van der Waals surface area contributed by atoms with Crippen LogP contribution in [-0.4, -0.2) is 13.4 Å². The van der Waals surface area contributed by atoms with E-state index in [-0.39, 0.29) is 11.4 Å². The molecule has 0 aliphatic carbocycles. The molecule has 0 unspecified atom stereocenters. The molecule has 0 aliphatic heterocycles. The number of nitrogens with zero attached hydrogens (tertiary/aromatic N) is 1. The molecule has 16 heavy (non-hydrogen) atoms. The van der Waals surface area contributed by atoms with Gasteiger partial charge in [-0.15, -0.1) is 22.7 Å². The summed E-state index contributed by atoms with van der Waals surface area (Å²) in [6, 6.07) is 1.54. The van der Waals surface area contributed by atoms with Crippen molar-refractivity contribution in [3.63, 3.8) is 0 Å². The van der Waals surface area contributed by atoms with Gasteiger partial charge in [-0.1, -0.05) is 0 Å². The van der Waals surface area contributed by atoms with E-state index in [4.69, 9.17) is 5.73 Å². The van der Waals surface area contributed by atoms with Crippen molar-refractivity contribution in [1.29, 1.82) is 0 Å². The van der Waals surface area contributed by atoms with Gasteiger partial charge in [0, 0.05) is 23.0 Å². The molecule has 0 saturated carbocycles. The van der Waals surface area contributed by atoms with E-state index in [1.54, 1.807) is 23.0 Å². The molecule has 0 fully saturated rings. The zero-order chi connectivity index (χ0) is 11.6. The van der Waals surface area contributed by atoms with Crippen molar-refractivity contribution in [3.8, 4) is 0 Å². The lowest BCUT2D eigenvalue weighted by Crippen LogP contribution is -2.14. The van der Waals surface area contributed by atoms with Crippen LogP contribution in [0.5, 0.6) is 0 Å². The number of anilines is 1. The van der Waals surface area contributed by atoms with Gasteiger partial charge in [0.25, 0.3) is 10.0 Å². The van der Waals surface area contributed by atoms with E-state index in [2.05, 4.69) is 9.71 Å². The first-order chi connectivity index (χ1) is 7.63. The highest BCUT2D eigenvalue weighted by Gasteiger charge is 2.19. The molecule has 0 bridgehead atoms. The summed E-state index contributed by atoms with van der Waals surface area (Å²) in [5.41, 5.74) is 5.47. The zero-order valence-corrected chi connectivity index (χ0v) is 10.5. The standard InChI is InChI=1S/C8H9N3O2S3/c9-5-6-7(1-3-14-6)16(12,13)11-8-10-2-4-15-8/h1-4H,5,9H2,(H,10,11). The van der Waals surface area contributed by atoms with E-state index >= 15 is 0 Å². The van der Waals surface area contributed by atoms with Crippen molar-refractivity contribution < 1.29 is 8.42 Å². The number of aromatic nitrogens is 1. The van der Waals surface area contributed by atoms with Crippen molar-refractivity contribution in [3.05, 3.63) is 27.9 Å². The molecule has 2 aromatic rings. The Kier molecular flexibility index (Phi) is 3.24. The summed E-state index contributed by atoms with van der Waals surface area (Å²) in [5.74, 6) is 0. The number of nitrogens with one attached hydrogen (secondary N) is 1. The fraction of sp³-hybridized carbons (Fsp3) is 0.125. The molecule has 3 N–H and O–H groups in total. The van der Waals surface area contributed by atoms with Gasteiger partial charge in [-0.2, -0.15) is 0 Å². The summed E-state index contributed by atoms with van der Waals surface area (Å²) in [6.07, 6.45) is 1.54. The predicted octanol–water partition coefficient (Wildman–Crippen LogP) is 1.46. The van der Waals surface area contributed by atoms with Crippen molar-refractivity contribution in [2.45, 2.75) is 11.4 Å². The summed E-state index contributed by atoms with van der Waals surface area (Å²) in [4.78, 5) is 4.74. The summed E-state index contributed by atoms with van der Waals surface area (Å²) in [6.45, 7) is 0.214. The number of sulfonamides is 1. The van der Waals surface area contributed by atoms with Gasteiger partial charge in [0.1, 0.15) is 4.90 Å². The van der Waals surface area contributed by atoms with Crippen LogP contribution in [0.1, 0.15) is 4.88 Å². The normalized spacial score (nSPS) is 11.6. The molecule has 0 amide bonds. The fourth-order valence-electron chi connectivity index (χ4n) is 1.16. The SMILES string of the molecule is NCc1sccc1S(=O)(=O)Nc1nccs1. The Labute approximate surface area is 101 Å². The van der Waals surface area contributed by atoms with Gasteiger partial charge >= 0.3 is 0 Å². The van der Waals surface area contributed by atoms with E-state index in [0.29, 0.717) is 10.0 Å². The largest absolute Gasteiger partial charge is 0.326 e. The fourth-order valence-corrected chi connectivity index (χ4v) is 4.29. The third-order valence-electron chi connectivity index (χ3n) is 1.83. The molecule has 0 atom stereocenters. The van der Waals surface area contributed by atoms with Crippen LogP contribution < -0.4 is 10.5 Å². The molecule has 0 aliphatic rings. The van der Waals surface area contributed by atoms with Gasteiger partial charge in [0.2, 0.25) is 0 Å². The second kappa shape index (κ2) is 4.50. The average molecular weight is 275 g/mol. The van der Waals surface area contributed by atoms with Crippen LogP contribution in [0, 0.1) is 0 Å². The Hall–Kier alpha value is -0.960. The summed E-state index contributed by atoms with van der Waals surface area (Å²) >= 11 is 2.56. The molecule has 5 nitrogen and oxygen atoms in total. The molecule has 2 aromatic heterocycles. The van der Waals surface area contributed by atoms with Gasteiger partial charge in [-0.3, -0.25) is 4.72 Å². The van der Waals surface area contributed by atoms with E-state index in [1.165, 1.54) is 22.7 Å². The molecule has 0 saturated heterocycles. The van der Waals surface area contributed by atoms with E-state index in [0.717, 1.165) is 0 Å². The third-order valence-corrected chi connectivity index (χ3v) is 5.15. The van der Waals surface area contributed by atoms with Crippen LogP contribution in [0.15, 0.2) is 27.9 Å². The topological polar surface area (TPSA) is 85.1 Å². The van der Waals surface area contributed by atoms with Gasteiger partial charge in [0.15, 0.2) is 5.13 Å². The van der Waals surface area contributed by atoms with Crippen LogP contribution in [0.3, 0.4) is 0 Å². The predicted molar refractivity (Wildman–Crippen MR) is 65.1 cm³/mol. The number of thiazole rings is 1. The highest BCUT2D eigenvalue weighted by Crippen LogP contribution is 2.24. The van der Waals surface area contributed by atoms with Crippen LogP contribution in [0.4, 0.5) is 5.13 Å². The summed E-state index contributed by atoms with van der Waals surface area (Å²) in [7, 11) is -3.55. The first-order valence-corrected chi connectivity index (χ1v) is 7.56. The quantitative estimate of drug-likeness (QED) is 0.884. The van der Waals surface area contributed by atoms with Crippen LogP contribution in [0.2, 0.25) is 0 Å². The maximum Gasteiger partial charge on any atom is 0.264 e. The number of hydrogen-bond donors (Lipinski definition) is 2. The first kappa shape index (κ1) is 11.5. The van der Waals surface area contributed by atoms with E-state index in [1.807, 2.05) is 0 Å². The van der Waals surface area contributed by atoms with E-state index < -0.39 is 10.0 Å². The molecule has 0 radical (unpaired) electrons. The Bertz CT molecular complexity index is 559. The Morgan fingerprint density at radius 2 is 2.19 bits per heavy atom. The maximum absolute atomic E-state index is 11.9. The molecule has 0 spiro atoms. The number of nitrogens with two attached hydrogens (primary N) is 1. The van der Waals surface area contributed by atoms with Gasteiger partial charge in [0.05, 0.1) is 0 Å². The maximum atomic E-state index is 11.9. The van der Waals surface area contributed by atoms with Crippen molar-refractivity contribution in [2.24, 2.45) is 5.73 Å². The van der Waals surface area contributed by atoms with Crippen molar-refractivity contribution >= 4 is 37.8 Å². The molecule has 0 aromatic carbocycles. The monoisotopic (exact) mass is 275 g/mol. The minimum atomic E-state index is -3.55. The van der Waals surface area contributed by atoms with E-state index in [9.17, 15) is 8.42 Å². The van der Waals surface area contributed by atoms with Crippen LogP contribution in [0.25, 0.3) is 0 Å². The highest BCUT2D eigenvalue weighted by molar-refractivity contribution is 7.93. The van der Waals surface area contributed by atoms with Crippen LogP contribution in [-0.2, 0) is 16.6 Å². The number of rotatable bonds is 4. The molecule has 8 heteroatoms. The highest BCUT2D eigenvalue weighted by atomic mass is 32.2. The minimum absolute atomic E-state index is 0.214.